The fourth-order valence-corrected chi connectivity index (χ4v) is 0.274. The highest BCUT2D eigenvalue weighted by Gasteiger charge is 1.76. The van der Waals surface area contributed by atoms with Gasteiger partial charge >= 0.3 is 0 Å². The van der Waals surface area contributed by atoms with E-state index in [2.05, 4.69) is 24.4 Å². The molecule has 0 N–H and O–H groups in total. The van der Waals surface area contributed by atoms with Crippen molar-refractivity contribution in [3.63, 3.8) is 0 Å². The minimum absolute atomic E-state index is 0.947. The van der Waals surface area contributed by atoms with Crippen LogP contribution in [-0.4, -0.2) is 6.21 Å². The summed E-state index contributed by atoms with van der Waals surface area (Å²) in [6.45, 7) is 7.59. The molecule has 0 heterocycles. The molecule has 0 rings (SSSR count). The maximum Gasteiger partial charge on any atom is 0.0325 e. The quantitative estimate of drug-likeness (QED) is 0.394. The second kappa shape index (κ2) is 10.1. The van der Waals surface area contributed by atoms with Crippen molar-refractivity contribution in [2.45, 2.75) is 20.3 Å². The Morgan fingerprint density at radius 2 is 2.11 bits per heavy atom. The molecule has 0 amide bonds. The van der Waals surface area contributed by atoms with E-state index in [9.17, 15) is 0 Å². The summed E-state index contributed by atoms with van der Waals surface area (Å²) in [6.07, 6.45) is 10.7. The first kappa shape index (κ1) is 10.9. The van der Waals surface area contributed by atoms with Crippen LogP contribution in [0.2, 0.25) is 0 Å². The molecule has 0 aliphatic heterocycles. The van der Waals surface area contributed by atoms with E-state index in [0.29, 0.717) is 0 Å². The van der Waals surface area contributed by atoms with E-state index in [1.54, 1.807) is 6.21 Å². The summed E-state index contributed by atoms with van der Waals surface area (Å²) in [7, 11) is 0. The third-order valence-electron chi connectivity index (χ3n) is 0.720. The first-order valence-electron chi connectivity index (χ1n) is 2.81. The van der Waals surface area contributed by atoms with Gasteiger partial charge in [-0.1, -0.05) is 13.5 Å². The molecule has 0 radical (unpaired) electrons. The van der Waals surface area contributed by atoms with Crippen LogP contribution in [-0.2, 0) is 0 Å². The van der Waals surface area contributed by atoms with Gasteiger partial charge in [-0.05, 0) is 13.3 Å². The molecule has 1 nitrogen and oxygen atoms in total. The second-order valence-corrected chi connectivity index (χ2v) is 1.31. The maximum absolute atomic E-state index is 4.00. The lowest BCUT2D eigenvalue weighted by molar-refractivity contribution is 1.08. The fourth-order valence-electron chi connectivity index (χ4n) is 0.274. The Kier molecular flexibility index (Phi) is 12.1. The molecule has 0 bridgehead atoms. The first-order chi connectivity index (χ1) is 4.31. The van der Waals surface area contributed by atoms with Gasteiger partial charge in [0.2, 0.25) is 0 Å². The van der Waals surface area contributed by atoms with Crippen molar-refractivity contribution in [2.75, 3.05) is 0 Å². The summed E-state index contributed by atoms with van der Waals surface area (Å²) >= 11 is 0. The molecular weight excluding hydrogens is 110 g/mol. The van der Waals surface area contributed by atoms with E-state index < -0.39 is 0 Å². The highest BCUT2D eigenvalue weighted by atomic mass is 14.7. The first-order valence-corrected chi connectivity index (χ1v) is 2.81. The van der Waals surface area contributed by atoms with Gasteiger partial charge in [0.15, 0.2) is 0 Å². The molecule has 0 spiro atoms. The standard InChI is InChI=1S/C6H11N.C2H2/c1-4-6(3)7-5-2;1-2/h5H,3-4H2,1-2H3;1-2H. The summed E-state index contributed by atoms with van der Waals surface area (Å²) in [6, 6.07) is 0. The van der Waals surface area contributed by atoms with Crippen LogP contribution in [0.3, 0.4) is 0 Å². The van der Waals surface area contributed by atoms with Crippen LogP contribution in [0.4, 0.5) is 0 Å². The highest BCUT2D eigenvalue weighted by Crippen LogP contribution is 1.94. The zero-order valence-corrected chi connectivity index (χ0v) is 6.09. The van der Waals surface area contributed by atoms with Crippen LogP contribution in [0, 0.1) is 12.8 Å². The van der Waals surface area contributed by atoms with Crippen molar-refractivity contribution < 1.29 is 0 Å². The van der Waals surface area contributed by atoms with Crippen LogP contribution < -0.4 is 0 Å². The third-order valence-corrected chi connectivity index (χ3v) is 0.720. The Balaban J connectivity index is 0. The molecule has 0 aromatic heterocycles. The normalized spacial score (nSPS) is 8.00. The van der Waals surface area contributed by atoms with Crippen LogP contribution >= 0.6 is 0 Å². The summed E-state index contributed by atoms with van der Waals surface area (Å²) < 4.78 is 0. The number of hydrogen-bond donors (Lipinski definition) is 0. The van der Waals surface area contributed by atoms with E-state index in [4.69, 9.17) is 0 Å². The molecule has 0 aliphatic carbocycles. The molecule has 1 heteroatoms. The minimum Gasteiger partial charge on any atom is -0.267 e. The van der Waals surface area contributed by atoms with Crippen molar-refractivity contribution in [2.24, 2.45) is 4.99 Å². The van der Waals surface area contributed by atoms with E-state index in [1.165, 1.54) is 0 Å². The number of nitrogens with zero attached hydrogens (tertiary/aromatic N) is 1. The number of aliphatic imine (C=N–C) groups is 1. The fraction of sp³-hybridized carbons (Fsp3) is 0.375. The summed E-state index contributed by atoms with van der Waals surface area (Å²) in [5.74, 6) is 0. The second-order valence-electron chi connectivity index (χ2n) is 1.31. The average Bonchev–Trinajstić information content (AvgIpc) is 1.93. The molecule has 0 fully saturated rings. The molecule has 0 saturated heterocycles. The molecule has 50 valence electrons. The van der Waals surface area contributed by atoms with Crippen molar-refractivity contribution in [3.8, 4) is 12.8 Å². The monoisotopic (exact) mass is 123 g/mol. The molecule has 0 aliphatic rings. The van der Waals surface area contributed by atoms with Gasteiger partial charge in [-0.2, -0.15) is 0 Å². The van der Waals surface area contributed by atoms with Crippen LogP contribution in [0.15, 0.2) is 17.3 Å². The van der Waals surface area contributed by atoms with E-state index in [0.717, 1.165) is 12.1 Å². The van der Waals surface area contributed by atoms with Gasteiger partial charge in [-0.25, -0.2) is 0 Å². The lowest BCUT2D eigenvalue weighted by Crippen LogP contribution is -1.68. The Labute approximate surface area is 57.5 Å². The van der Waals surface area contributed by atoms with Crippen molar-refractivity contribution in [1.29, 1.82) is 0 Å². The van der Waals surface area contributed by atoms with Gasteiger partial charge in [0.25, 0.3) is 0 Å². The largest absolute Gasteiger partial charge is 0.267 e. The third kappa shape index (κ3) is 10.9. The number of rotatable bonds is 2. The molecule has 9 heavy (non-hydrogen) atoms. The van der Waals surface area contributed by atoms with Gasteiger partial charge in [0.1, 0.15) is 0 Å². The van der Waals surface area contributed by atoms with Crippen molar-refractivity contribution in [3.05, 3.63) is 12.3 Å². The zero-order chi connectivity index (χ0) is 7.70. The van der Waals surface area contributed by atoms with Gasteiger partial charge in [0.05, 0.1) is 0 Å². The predicted molar refractivity (Wildman–Crippen MR) is 43.5 cm³/mol. The topological polar surface area (TPSA) is 12.4 Å². The number of terminal acetylenes is 1. The zero-order valence-electron chi connectivity index (χ0n) is 6.09. The Bertz CT molecular complexity index is 109. The molecule has 0 aromatic rings. The Morgan fingerprint density at radius 3 is 2.22 bits per heavy atom. The average molecular weight is 123 g/mol. The molecule has 0 unspecified atom stereocenters. The van der Waals surface area contributed by atoms with Crippen molar-refractivity contribution >= 4 is 6.21 Å². The van der Waals surface area contributed by atoms with Gasteiger partial charge < -0.3 is 0 Å². The lowest BCUT2D eigenvalue weighted by Gasteiger charge is -1.85. The maximum atomic E-state index is 4.00. The summed E-state index contributed by atoms with van der Waals surface area (Å²) in [4.78, 5) is 3.92. The van der Waals surface area contributed by atoms with Gasteiger partial charge in [0, 0.05) is 11.9 Å². The van der Waals surface area contributed by atoms with Gasteiger partial charge in [-0.3, -0.25) is 4.99 Å². The number of hydrogen-bond acceptors (Lipinski definition) is 1. The molecule has 0 saturated carbocycles. The smallest absolute Gasteiger partial charge is 0.0325 e. The van der Waals surface area contributed by atoms with E-state index in [-0.39, 0.29) is 0 Å². The van der Waals surface area contributed by atoms with Gasteiger partial charge in [-0.15, -0.1) is 12.8 Å². The predicted octanol–water partition coefficient (Wildman–Crippen LogP) is 2.25. The van der Waals surface area contributed by atoms with E-state index in [1.807, 2.05) is 13.8 Å². The van der Waals surface area contributed by atoms with Crippen LogP contribution in [0.1, 0.15) is 20.3 Å². The highest BCUT2D eigenvalue weighted by molar-refractivity contribution is 5.54. The van der Waals surface area contributed by atoms with E-state index >= 15 is 0 Å². The Morgan fingerprint density at radius 1 is 1.67 bits per heavy atom. The summed E-state index contributed by atoms with van der Waals surface area (Å²) in [5, 5.41) is 0. The molecular formula is C8H13N. The molecule has 0 atom stereocenters. The van der Waals surface area contributed by atoms with Crippen molar-refractivity contribution in [1.82, 2.24) is 0 Å². The minimum atomic E-state index is 0.947. The SMILES string of the molecule is C#C.C=C(CC)N=CC. The summed E-state index contributed by atoms with van der Waals surface area (Å²) in [5.41, 5.74) is 0.947. The lowest BCUT2D eigenvalue weighted by atomic mass is 10.4. The van der Waals surface area contributed by atoms with Crippen LogP contribution in [0.25, 0.3) is 0 Å². The Hall–Kier alpha value is -1.03. The number of allylic oxidation sites excluding steroid dienone is 1. The van der Waals surface area contributed by atoms with Crippen LogP contribution in [0.5, 0.6) is 0 Å². The molecule has 0 aromatic carbocycles.